The molecule has 2 nitrogen and oxygen atoms in total. The van der Waals surface area contributed by atoms with Crippen molar-refractivity contribution < 1.29 is 0 Å². The van der Waals surface area contributed by atoms with Crippen molar-refractivity contribution in [2.24, 2.45) is 0 Å². The Labute approximate surface area is 121 Å². The van der Waals surface area contributed by atoms with Gasteiger partial charge in [0.1, 0.15) is 0 Å². The zero-order valence-electron chi connectivity index (χ0n) is 12.1. The molecule has 2 saturated heterocycles. The molecule has 1 N–H and O–H groups in total. The lowest BCUT2D eigenvalue weighted by molar-refractivity contribution is 0.0837. The third-order valence-electron chi connectivity index (χ3n) is 4.41. The molecule has 0 spiro atoms. The Morgan fingerprint density at radius 2 is 2.17 bits per heavy atom. The second kappa shape index (κ2) is 6.87. The van der Waals surface area contributed by atoms with E-state index < -0.39 is 0 Å². The van der Waals surface area contributed by atoms with Crippen molar-refractivity contribution in [3.63, 3.8) is 0 Å². The second-order valence-corrected chi connectivity index (χ2v) is 8.41. The van der Waals surface area contributed by atoms with Crippen molar-refractivity contribution in [3.8, 4) is 0 Å². The van der Waals surface area contributed by atoms with E-state index in [1.807, 2.05) is 0 Å². The van der Waals surface area contributed by atoms with Crippen molar-refractivity contribution in [3.05, 3.63) is 0 Å². The van der Waals surface area contributed by atoms with Gasteiger partial charge in [-0.1, -0.05) is 13.8 Å². The molecule has 18 heavy (non-hydrogen) atoms. The van der Waals surface area contributed by atoms with Crippen LogP contribution in [0.4, 0.5) is 0 Å². The molecule has 2 aliphatic heterocycles. The molecule has 0 aromatic rings. The fourth-order valence-corrected chi connectivity index (χ4v) is 5.58. The van der Waals surface area contributed by atoms with E-state index in [9.17, 15) is 0 Å². The molecule has 3 unspecified atom stereocenters. The highest BCUT2D eigenvalue weighted by atomic mass is 32.2. The summed E-state index contributed by atoms with van der Waals surface area (Å²) in [5.41, 5.74) is 0.331. The minimum atomic E-state index is 0.331. The van der Waals surface area contributed by atoms with Gasteiger partial charge in [-0.2, -0.15) is 23.5 Å². The molecule has 4 heteroatoms. The first-order chi connectivity index (χ1) is 8.67. The third-order valence-corrected chi connectivity index (χ3v) is 7.23. The molecule has 0 bridgehead atoms. The zero-order chi connectivity index (χ0) is 13.0. The minimum absolute atomic E-state index is 0.331. The second-order valence-electron chi connectivity index (χ2n) is 5.85. The lowest BCUT2D eigenvalue weighted by atomic mass is 9.92. The molecular formula is C14H28N2S2. The average molecular weight is 289 g/mol. The number of hydrogen-bond donors (Lipinski definition) is 1. The van der Waals surface area contributed by atoms with Crippen LogP contribution in [-0.2, 0) is 0 Å². The van der Waals surface area contributed by atoms with Crippen LogP contribution in [0.25, 0.3) is 0 Å². The third kappa shape index (κ3) is 3.81. The topological polar surface area (TPSA) is 15.3 Å². The molecule has 0 aliphatic carbocycles. The number of rotatable bonds is 4. The van der Waals surface area contributed by atoms with Gasteiger partial charge < -0.3 is 5.32 Å². The standard InChI is InChI=1S/C14H28N2S2/c1-4-12-8-15-14(3,5-2)11-16(12)9-13-10-17-6-7-18-13/h12-13,15H,4-11H2,1-3H3. The van der Waals surface area contributed by atoms with Gasteiger partial charge in [-0.3, -0.25) is 4.90 Å². The first-order valence-corrected chi connectivity index (χ1v) is 9.55. The van der Waals surface area contributed by atoms with E-state index in [-0.39, 0.29) is 0 Å². The normalized spacial score (nSPS) is 38.8. The first-order valence-electron chi connectivity index (χ1n) is 7.35. The molecule has 2 heterocycles. The zero-order valence-corrected chi connectivity index (χ0v) is 13.7. The van der Waals surface area contributed by atoms with Crippen molar-refractivity contribution >= 4 is 23.5 Å². The van der Waals surface area contributed by atoms with Crippen LogP contribution >= 0.6 is 23.5 Å². The highest BCUT2D eigenvalue weighted by Crippen LogP contribution is 2.27. The fraction of sp³-hybridized carbons (Fsp3) is 1.00. The minimum Gasteiger partial charge on any atom is -0.309 e. The van der Waals surface area contributed by atoms with Crippen LogP contribution in [0.5, 0.6) is 0 Å². The fourth-order valence-electron chi connectivity index (χ4n) is 2.88. The van der Waals surface area contributed by atoms with Crippen molar-refractivity contribution in [2.45, 2.75) is 50.4 Å². The van der Waals surface area contributed by atoms with Gasteiger partial charge in [0.25, 0.3) is 0 Å². The maximum absolute atomic E-state index is 3.76. The van der Waals surface area contributed by atoms with E-state index in [0.717, 1.165) is 11.3 Å². The molecule has 0 aromatic carbocycles. The summed E-state index contributed by atoms with van der Waals surface area (Å²) in [5, 5.41) is 4.62. The quantitative estimate of drug-likeness (QED) is 0.855. The molecule has 0 radical (unpaired) electrons. The monoisotopic (exact) mass is 288 g/mol. The van der Waals surface area contributed by atoms with Gasteiger partial charge in [-0.25, -0.2) is 0 Å². The predicted octanol–water partition coefficient (Wildman–Crippen LogP) is 2.69. The summed E-state index contributed by atoms with van der Waals surface area (Å²) >= 11 is 4.34. The van der Waals surface area contributed by atoms with Gasteiger partial charge in [0.15, 0.2) is 0 Å². The van der Waals surface area contributed by atoms with Crippen molar-refractivity contribution in [1.82, 2.24) is 10.2 Å². The predicted molar refractivity (Wildman–Crippen MR) is 85.9 cm³/mol. The van der Waals surface area contributed by atoms with Gasteiger partial charge in [0.05, 0.1) is 0 Å². The SMILES string of the molecule is CCC1CNC(C)(CC)CN1CC1CSCCS1. The largest absolute Gasteiger partial charge is 0.309 e. The first kappa shape index (κ1) is 15.0. The lowest BCUT2D eigenvalue weighted by Gasteiger charge is -2.47. The average Bonchev–Trinajstić information content (AvgIpc) is 2.40. The van der Waals surface area contributed by atoms with Crippen LogP contribution in [0.3, 0.4) is 0 Å². The number of nitrogens with one attached hydrogen (secondary N) is 1. The highest BCUT2D eigenvalue weighted by Gasteiger charge is 2.34. The molecule has 106 valence electrons. The van der Waals surface area contributed by atoms with Gasteiger partial charge >= 0.3 is 0 Å². The van der Waals surface area contributed by atoms with Gasteiger partial charge in [-0.05, 0) is 19.8 Å². The number of nitrogens with zero attached hydrogens (tertiary/aromatic N) is 1. The summed E-state index contributed by atoms with van der Waals surface area (Å²) in [5.74, 6) is 4.06. The van der Waals surface area contributed by atoms with E-state index in [1.165, 1.54) is 49.7 Å². The lowest BCUT2D eigenvalue weighted by Crippen LogP contribution is -2.63. The van der Waals surface area contributed by atoms with Gasteiger partial charge in [-0.15, -0.1) is 0 Å². The van der Waals surface area contributed by atoms with Crippen molar-refractivity contribution in [2.75, 3.05) is 36.9 Å². The molecule has 2 aliphatic rings. The number of thioether (sulfide) groups is 2. The van der Waals surface area contributed by atoms with Crippen LogP contribution in [-0.4, -0.2) is 58.6 Å². The molecule has 3 atom stereocenters. The Morgan fingerprint density at radius 1 is 1.33 bits per heavy atom. The summed E-state index contributed by atoms with van der Waals surface area (Å²) in [6, 6.07) is 0.747. The molecule has 2 rings (SSSR count). The maximum Gasteiger partial charge on any atom is 0.0278 e. The number of hydrogen-bond acceptors (Lipinski definition) is 4. The molecule has 0 amide bonds. The Morgan fingerprint density at radius 3 is 2.78 bits per heavy atom. The summed E-state index contributed by atoms with van der Waals surface area (Å²) in [4.78, 5) is 2.77. The van der Waals surface area contributed by atoms with Crippen LogP contribution < -0.4 is 5.32 Å². The van der Waals surface area contributed by atoms with Crippen LogP contribution in [0.15, 0.2) is 0 Å². The summed E-state index contributed by atoms with van der Waals surface area (Å²) in [7, 11) is 0. The van der Waals surface area contributed by atoms with Crippen molar-refractivity contribution in [1.29, 1.82) is 0 Å². The Bertz CT molecular complexity index is 256. The molecular weight excluding hydrogens is 260 g/mol. The van der Waals surface area contributed by atoms with Gasteiger partial charge in [0, 0.05) is 53.7 Å². The van der Waals surface area contributed by atoms with Crippen LogP contribution in [0.2, 0.25) is 0 Å². The summed E-state index contributed by atoms with van der Waals surface area (Å²) < 4.78 is 0. The van der Waals surface area contributed by atoms with E-state index in [4.69, 9.17) is 0 Å². The maximum atomic E-state index is 3.76. The van der Waals surface area contributed by atoms with Gasteiger partial charge in [0.2, 0.25) is 0 Å². The smallest absolute Gasteiger partial charge is 0.0278 e. The molecule has 0 saturated carbocycles. The Kier molecular flexibility index (Phi) is 5.73. The van der Waals surface area contributed by atoms with E-state index in [1.54, 1.807) is 0 Å². The van der Waals surface area contributed by atoms with E-state index in [2.05, 4.69) is 54.5 Å². The van der Waals surface area contributed by atoms with Crippen LogP contribution in [0, 0.1) is 0 Å². The number of piperazine rings is 1. The Balaban J connectivity index is 1.93. The summed E-state index contributed by atoms with van der Waals surface area (Å²) in [6.45, 7) is 10.7. The molecule has 2 fully saturated rings. The highest BCUT2D eigenvalue weighted by molar-refractivity contribution is 8.06. The molecule has 0 aromatic heterocycles. The summed E-state index contributed by atoms with van der Waals surface area (Å²) in [6.07, 6.45) is 2.50. The van der Waals surface area contributed by atoms with Crippen LogP contribution in [0.1, 0.15) is 33.6 Å². The van der Waals surface area contributed by atoms with E-state index in [0.29, 0.717) is 5.54 Å². The van der Waals surface area contributed by atoms with E-state index >= 15 is 0 Å². The Hall–Kier alpha value is 0.620.